The summed E-state index contributed by atoms with van der Waals surface area (Å²) in [6, 6.07) is 4.37. The Labute approximate surface area is 108 Å². The number of phenolic OH excluding ortho intramolecular Hbond substituents is 1. The van der Waals surface area contributed by atoms with Gasteiger partial charge in [0, 0.05) is 15.9 Å². The monoisotopic (exact) mass is 305 g/mol. The second-order valence-electron chi connectivity index (χ2n) is 4.13. The number of amides is 1. The molecule has 1 aromatic carbocycles. The standard InChI is InChI=1S/C11H13BrClNO2/c1-11(2,6-12)14-10(16)8-5-7(13)3-4-9(8)15/h3-5,15H,6H2,1-2H3,(H,14,16). The number of hydrogen-bond acceptors (Lipinski definition) is 2. The highest BCUT2D eigenvalue weighted by Crippen LogP contribution is 2.22. The molecule has 0 atom stereocenters. The van der Waals surface area contributed by atoms with Gasteiger partial charge in [-0.2, -0.15) is 0 Å². The summed E-state index contributed by atoms with van der Waals surface area (Å²) in [6.07, 6.45) is 0. The van der Waals surface area contributed by atoms with Gasteiger partial charge in [-0.3, -0.25) is 4.79 Å². The summed E-state index contributed by atoms with van der Waals surface area (Å²) in [5.41, 5.74) is -0.201. The van der Waals surface area contributed by atoms with Crippen molar-refractivity contribution in [1.29, 1.82) is 0 Å². The van der Waals surface area contributed by atoms with Crippen LogP contribution in [0.15, 0.2) is 18.2 Å². The Morgan fingerprint density at radius 2 is 2.19 bits per heavy atom. The average Bonchev–Trinajstić information content (AvgIpc) is 2.21. The molecule has 0 unspecified atom stereocenters. The lowest BCUT2D eigenvalue weighted by Gasteiger charge is -2.23. The number of carbonyl (C=O) groups is 1. The van der Waals surface area contributed by atoms with Crippen molar-refractivity contribution in [3.8, 4) is 5.75 Å². The lowest BCUT2D eigenvalue weighted by molar-refractivity contribution is 0.0918. The van der Waals surface area contributed by atoms with Crippen molar-refractivity contribution in [1.82, 2.24) is 5.32 Å². The zero-order chi connectivity index (χ0) is 12.3. The van der Waals surface area contributed by atoms with Crippen LogP contribution in [-0.4, -0.2) is 21.9 Å². The number of benzene rings is 1. The van der Waals surface area contributed by atoms with Crippen LogP contribution in [0.25, 0.3) is 0 Å². The zero-order valence-electron chi connectivity index (χ0n) is 9.05. The van der Waals surface area contributed by atoms with Gasteiger partial charge in [-0.05, 0) is 32.0 Å². The smallest absolute Gasteiger partial charge is 0.255 e. The van der Waals surface area contributed by atoms with E-state index in [0.717, 1.165) is 0 Å². The van der Waals surface area contributed by atoms with Crippen molar-refractivity contribution < 1.29 is 9.90 Å². The second kappa shape index (κ2) is 5.06. The Morgan fingerprint density at radius 3 is 2.75 bits per heavy atom. The van der Waals surface area contributed by atoms with Crippen LogP contribution in [-0.2, 0) is 0 Å². The molecular formula is C11H13BrClNO2. The third-order valence-electron chi connectivity index (χ3n) is 1.99. The topological polar surface area (TPSA) is 49.3 Å². The molecule has 1 aromatic rings. The predicted molar refractivity (Wildman–Crippen MR) is 68.5 cm³/mol. The number of alkyl halides is 1. The van der Waals surface area contributed by atoms with E-state index in [1.165, 1.54) is 18.2 Å². The summed E-state index contributed by atoms with van der Waals surface area (Å²) in [7, 11) is 0. The van der Waals surface area contributed by atoms with Crippen LogP contribution in [0.2, 0.25) is 5.02 Å². The molecule has 0 radical (unpaired) electrons. The van der Waals surface area contributed by atoms with Crippen molar-refractivity contribution in [2.24, 2.45) is 0 Å². The summed E-state index contributed by atoms with van der Waals surface area (Å²) in [5.74, 6) is -0.420. The molecule has 0 spiro atoms. The molecule has 0 aromatic heterocycles. The number of nitrogens with one attached hydrogen (secondary N) is 1. The van der Waals surface area contributed by atoms with Crippen molar-refractivity contribution in [2.75, 3.05) is 5.33 Å². The number of aromatic hydroxyl groups is 1. The van der Waals surface area contributed by atoms with Crippen LogP contribution in [0.5, 0.6) is 5.75 Å². The van der Waals surface area contributed by atoms with E-state index in [-0.39, 0.29) is 22.8 Å². The van der Waals surface area contributed by atoms with Gasteiger partial charge in [0.25, 0.3) is 5.91 Å². The minimum absolute atomic E-state index is 0.0766. The fourth-order valence-electron chi connectivity index (χ4n) is 1.10. The van der Waals surface area contributed by atoms with Gasteiger partial charge in [0.2, 0.25) is 0 Å². The van der Waals surface area contributed by atoms with E-state index >= 15 is 0 Å². The van der Waals surface area contributed by atoms with E-state index in [1.807, 2.05) is 13.8 Å². The van der Waals surface area contributed by atoms with Crippen molar-refractivity contribution in [3.63, 3.8) is 0 Å². The number of phenols is 1. The summed E-state index contributed by atoms with van der Waals surface area (Å²) in [5, 5.41) is 13.4. The molecule has 0 aliphatic heterocycles. The van der Waals surface area contributed by atoms with Crippen LogP contribution in [0.4, 0.5) is 0 Å². The molecule has 0 heterocycles. The maximum atomic E-state index is 11.8. The normalized spacial score (nSPS) is 11.2. The van der Waals surface area contributed by atoms with Gasteiger partial charge in [0.05, 0.1) is 5.56 Å². The van der Waals surface area contributed by atoms with Crippen LogP contribution in [0.1, 0.15) is 24.2 Å². The first-order chi connectivity index (χ1) is 7.35. The van der Waals surface area contributed by atoms with Crippen molar-refractivity contribution in [2.45, 2.75) is 19.4 Å². The quantitative estimate of drug-likeness (QED) is 0.844. The zero-order valence-corrected chi connectivity index (χ0v) is 11.4. The highest BCUT2D eigenvalue weighted by atomic mass is 79.9. The molecule has 0 aliphatic rings. The Kier molecular flexibility index (Phi) is 4.21. The van der Waals surface area contributed by atoms with Crippen LogP contribution in [0.3, 0.4) is 0 Å². The third kappa shape index (κ3) is 3.39. The SMILES string of the molecule is CC(C)(CBr)NC(=O)c1cc(Cl)ccc1O. The number of halogens is 2. The molecule has 16 heavy (non-hydrogen) atoms. The lowest BCUT2D eigenvalue weighted by atomic mass is 10.1. The first kappa shape index (κ1) is 13.3. The highest BCUT2D eigenvalue weighted by Gasteiger charge is 2.21. The fraction of sp³-hybridized carbons (Fsp3) is 0.364. The number of carbonyl (C=O) groups excluding carboxylic acids is 1. The Hall–Kier alpha value is -0.740. The van der Waals surface area contributed by atoms with Gasteiger partial charge in [0.1, 0.15) is 5.75 Å². The van der Waals surface area contributed by atoms with Gasteiger partial charge in [0.15, 0.2) is 0 Å². The first-order valence-electron chi connectivity index (χ1n) is 4.73. The molecule has 5 heteroatoms. The minimum Gasteiger partial charge on any atom is -0.507 e. The van der Waals surface area contributed by atoms with E-state index < -0.39 is 0 Å². The predicted octanol–water partition coefficient (Wildman–Crippen LogP) is 2.95. The second-order valence-corrected chi connectivity index (χ2v) is 5.13. The fourth-order valence-corrected chi connectivity index (χ4v) is 1.41. The largest absolute Gasteiger partial charge is 0.507 e. The van der Waals surface area contributed by atoms with Crippen LogP contribution in [0, 0.1) is 0 Å². The minimum atomic E-state index is -0.383. The summed E-state index contributed by atoms with van der Waals surface area (Å²) in [4.78, 5) is 11.8. The van der Waals surface area contributed by atoms with Crippen LogP contribution >= 0.6 is 27.5 Å². The lowest BCUT2D eigenvalue weighted by Crippen LogP contribution is -2.44. The number of rotatable bonds is 3. The Bertz CT molecular complexity index is 407. The average molecular weight is 307 g/mol. The van der Waals surface area contributed by atoms with E-state index in [1.54, 1.807) is 0 Å². The number of hydrogen-bond donors (Lipinski definition) is 2. The van der Waals surface area contributed by atoms with Gasteiger partial charge in [-0.15, -0.1) is 0 Å². The molecule has 0 saturated carbocycles. The molecule has 0 aliphatic carbocycles. The molecule has 1 rings (SSSR count). The molecule has 0 saturated heterocycles. The summed E-state index contributed by atoms with van der Waals surface area (Å²) in [6.45, 7) is 3.75. The maximum Gasteiger partial charge on any atom is 0.255 e. The molecule has 2 N–H and O–H groups in total. The third-order valence-corrected chi connectivity index (χ3v) is 3.63. The Balaban J connectivity index is 2.93. The van der Waals surface area contributed by atoms with Crippen molar-refractivity contribution >= 4 is 33.4 Å². The van der Waals surface area contributed by atoms with E-state index in [2.05, 4.69) is 21.2 Å². The molecule has 3 nitrogen and oxygen atoms in total. The molecule has 1 amide bonds. The van der Waals surface area contributed by atoms with E-state index in [4.69, 9.17) is 11.6 Å². The molecule has 0 fully saturated rings. The highest BCUT2D eigenvalue weighted by molar-refractivity contribution is 9.09. The molecule has 0 bridgehead atoms. The summed E-state index contributed by atoms with van der Waals surface area (Å²) >= 11 is 9.07. The maximum absolute atomic E-state index is 11.8. The summed E-state index contributed by atoms with van der Waals surface area (Å²) < 4.78 is 0. The van der Waals surface area contributed by atoms with Gasteiger partial charge in [-0.1, -0.05) is 27.5 Å². The first-order valence-corrected chi connectivity index (χ1v) is 6.22. The van der Waals surface area contributed by atoms with Crippen molar-refractivity contribution in [3.05, 3.63) is 28.8 Å². The van der Waals surface area contributed by atoms with Gasteiger partial charge >= 0.3 is 0 Å². The van der Waals surface area contributed by atoms with Crippen LogP contribution < -0.4 is 5.32 Å². The molecular weight excluding hydrogens is 293 g/mol. The van der Waals surface area contributed by atoms with Gasteiger partial charge in [-0.25, -0.2) is 0 Å². The van der Waals surface area contributed by atoms with E-state index in [0.29, 0.717) is 10.4 Å². The van der Waals surface area contributed by atoms with E-state index in [9.17, 15) is 9.90 Å². The molecule has 88 valence electrons. The Morgan fingerprint density at radius 1 is 1.56 bits per heavy atom. The van der Waals surface area contributed by atoms with Gasteiger partial charge < -0.3 is 10.4 Å².